The van der Waals surface area contributed by atoms with Crippen molar-refractivity contribution in [2.24, 2.45) is 5.73 Å². The first-order valence-electron chi connectivity index (χ1n) is 23.0. The number of ketones is 1. The highest BCUT2D eigenvalue weighted by Crippen LogP contribution is 2.40. The third-order valence-corrected chi connectivity index (χ3v) is 15.6. The second-order valence-electron chi connectivity index (χ2n) is 16.7. The zero-order valence-corrected chi connectivity index (χ0v) is 42.3. The Morgan fingerprint density at radius 2 is 0.958 bits per heavy atom. The molecule has 2 unspecified atom stereocenters. The average Bonchev–Trinajstić information content (AvgIpc) is 3.29. The van der Waals surface area contributed by atoms with Gasteiger partial charge in [-0.1, -0.05) is 64.2 Å². The van der Waals surface area contributed by atoms with E-state index in [1.54, 1.807) is 0 Å². The number of benzene rings is 2. The van der Waals surface area contributed by atoms with Crippen molar-refractivity contribution in [1.82, 2.24) is 5.32 Å². The molecule has 72 heavy (non-hydrogen) atoms. The summed E-state index contributed by atoms with van der Waals surface area (Å²) in [5.41, 5.74) is 0.701. The van der Waals surface area contributed by atoms with Crippen molar-refractivity contribution in [1.29, 1.82) is 0 Å². The molecule has 0 heterocycles. The third kappa shape index (κ3) is 19.9. The van der Waals surface area contributed by atoms with Crippen LogP contribution in [0.1, 0.15) is 109 Å². The number of carbonyl (C=O) groups excluding carboxylic acids is 2. The Morgan fingerprint density at radius 3 is 1.35 bits per heavy atom. The lowest BCUT2D eigenvalue weighted by Gasteiger charge is -2.25. The van der Waals surface area contributed by atoms with E-state index in [1.165, 1.54) is 9.44 Å². The van der Waals surface area contributed by atoms with Gasteiger partial charge in [0.1, 0.15) is 26.9 Å². The number of carbonyl (C=O) groups is 3. The summed E-state index contributed by atoms with van der Waals surface area (Å²) in [4.78, 5) is 31.4. The number of anilines is 4. The molecule has 410 valence electrons. The first-order valence-corrected chi connectivity index (χ1v) is 28.4. The minimum atomic E-state index is -4.77. The van der Waals surface area contributed by atoms with Gasteiger partial charge < -0.3 is 54.8 Å². The number of nitrogens with one attached hydrogen (secondary N) is 5. The first kappa shape index (κ1) is 62.1. The number of carboxylic acids is 1. The van der Waals surface area contributed by atoms with Crippen molar-refractivity contribution in [3.63, 3.8) is 0 Å². The van der Waals surface area contributed by atoms with E-state index in [0.717, 1.165) is 64.2 Å². The number of ether oxygens (including phenoxy) is 2. The van der Waals surface area contributed by atoms with Crippen molar-refractivity contribution >= 4 is 82.6 Å². The summed E-state index contributed by atoms with van der Waals surface area (Å²) in [6, 6.07) is -0.921. The van der Waals surface area contributed by atoms with E-state index in [1.807, 2.05) is 0 Å². The van der Waals surface area contributed by atoms with Gasteiger partial charge in [0, 0.05) is 54.0 Å². The molecule has 4 rings (SSSR count). The van der Waals surface area contributed by atoms with Crippen LogP contribution < -0.4 is 31.1 Å². The van der Waals surface area contributed by atoms with Crippen LogP contribution >= 0.6 is 0 Å². The fourth-order valence-electron chi connectivity index (χ4n) is 7.69. The van der Waals surface area contributed by atoms with E-state index in [0.29, 0.717) is 25.7 Å². The van der Waals surface area contributed by atoms with Crippen LogP contribution in [0.25, 0.3) is 0 Å². The van der Waals surface area contributed by atoms with Gasteiger partial charge in [-0.3, -0.25) is 22.8 Å². The molecule has 2 aromatic carbocycles. The predicted octanol–water partition coefficient (Wildman–Crippen LogP) is 5.15. The fourth-order valence-corrected chi connectivity index (χ4v) is 11.3. The maximum absolute atomic E-state index is 15.4. The van der Waals surface area contributed by atoms with Gasteiger partial charge in [-0.05, 0) is 25.7 Å². The molecule has 2 fully saturated rings. The van der Waals surface area contributed by atoms with Gasteiger partial charge in [-0.2, -0.15) is 0 Å². The molecule has 2 aromatic rings. The van der Waals surface area contributed by atoms with Crippen LogP contribution in [-0.4, -0.2) is 120 Å². The van der Waals surface area contributed by atoms with Crippen LogP contribution in [0.2, 0.25) is 0 Å². The number of hydrogen-bond acceptors (Lipinski definition) is 16. The largest absolute Gasteiger partial charge is 0.755 e. The predicted molar refractivity (Wildman–Crippen MR) is 251 cm³/mol. The van der Waals surface area contributed by atoms with Gasteiger partial charge in [0.05, 0.1) is 62.3 Å². The van der Waals surface area contributed by atoms with Gasteiger partial charge in [0.15, 0.2) is 54.6 Å². The number of halogens is 6. The van der Waals surface area contributed by atoms with Crippen LogP contribution in [0.3, 0.4) is 0 Å². The van der Waals surface area contributed by atoms with E-state index in [4.69, 9.17) is 20.3 Å². The lowest BCUT2D eigenvalue weighted by molar-refractivity contribution is -0.136. The third-order valence-electron chi connectivity index (χ3n) is 11.3. The molecule has 2 atom stereocenters. The van der Waals surface area contributed by atoms with Crippen LogP contribution in [0.15, 0.2) is 9.79 Å². The second kappa shape index (κ2) is 30.9. The lowest BCUT2D eigenvalue weighted by Crippen LogP contribution is -2.30. The van der Waals surface area contributed by atoms with E-state index < -0.39 is 158 Å². The monoisotopic (exact) mass is 1110 g/mol. The Balaban J connectivity index is 0.000000402. The zero-order valence-electron chi connectivity index (χ0n) is 39.1. The van der Waals surface area contributed by atoms with Crippen LogP contribution in [0.4, 0.5) is 49.1 Å². The molecule has 30 heteroatoms. The van der Waals surface area contributed by atoms with Gasteiger partial charge in [0.25, 0.3) is 0 Å². The highest BCUT2D eigenvalue weighted by atomic mass is 32.2. The quantitative estimate of drug-likeness (QED) is 0.0277. The zero-order chi connectivity index (χ0) is 53.6. The molecule has 0 aromatic heterocycles. The molecule has 0 spiro atoms. The Kier molecular flexibility index (Phi) is 26.7. The summed E-state index contributed by atoms with van der Waals surface area (Å²) >= 11 is -6.43. The summed E-state index contributed by atoms with van der Waals surface area (Å²) < 4.78 is 198. The number of nitrogens with two attached hydrogens (primary N) is 1. The molecule has 0 bridgehead atoms. The number of hydrogen-bond donors (Lipinski definition) is 7. The molecular formula is C42H60F6N6O14S4-2. The Morgan fingerprint density at radius 1 is 0.569 bits per heavy atom. The summed E-state index contributed by atoms with van der Waals surface area (Å²) in [6.45, 7) is 0.618. The second-order valence-corrected chi connectivity index (χ2v) is 22.1. The number of Topliss-reactive ketones (excluding diaryl/α,β-unsaturated/α-hetero) is 1. The molecular weight excluding hydrogens is 1050 g/mol. The van der Waals surface area contributed by atoms with Gasteiger partial charge in [0.2, 0.25) is 5.91 Å². The Labute approximate surface area is 418 Å². The molecule has 2 aliphatic carbocycles. The van der Waals surface area contributed by atoms with Crippen molar-refractivity contribution in [2.75, 3.05) is 71.1 Å². The maximum Gasteiger partial charge on any atom is 0.304 e. The molecule has 0 saturated heterocycles. The van der Waals surface area contributed by atoms with Gasteiger partial charge in [-0.25, -0.2) is 43.2 Å². The standard InChI is InChI=1S/C25H39F3N4O8S2.C17H23F3N2O6S2/c26-20-21(27)25(24(22(28)23(20)32-41(35)36)31-17-6-4-2-1-3-5-7-17)42(37,38)15-9-19(34)30-10-12-40-14-13-39-11-8-18(33)16-29;18-12-13(19)17(30(27,28)9-8-11(23)24)16(14(20)15(12)22-29(25)26)21-10-6-4-2-1-3-5-7-10/h17,31-32H,1-16,29H2,(H,30,34)(H,35,36);10,21-22H,1-9H2,(H,23,24)(H,25,26)/p-2. The maximum atomic E-state index is 15.4. The summed E-state index contributed by atoms with van der Waals surface area (Å²) in [5.74, 6) is -15.6. The molecule has 20 nitrogen and oxygen atoms in total. The lowest BCUT2D eigenvalue weighted by atomic mass is 9.96. The molecule has 2 saturated carbocycles. The van der Waals surface area contributed by atoms with E-state index in [9.17, 15) is 61.9 Å². The molecule has 0 aliphatic heterocycles. The minimum Gasteiger partial charge on any atom is -0.755 e. The van der Waals surface area contributed by atoms with Crippen molar-refractivity contribution < 1.29 is 89.7 Å². The highest BCUT2D eigenvalue weighted by Gasteiger charge is 2.36. The fraction of sp³-hybridized carbons (Fsp3) is 0.643. The Bertz CT molecular complexity index is 2430. The summed E-state index contributed by atoms with van der Waals surface area (Å²) in [6.07, 6.45) is 9.34. The van der Waals surface area contributed by atoms with Crippen molar-refractivity contribution in [3.8, 4) is 0 Å². The summed E-state index contributed by atoms with van der Waals surface area (Å²) in [7, 11) is -9.52. The molecule has 2 aliphatic rings. The molecule has 0 radical (unpaired) electrons. The highest BCUT2D eigenvalue weighted by molar-refractivity contribution is 7.92. The SMILES string of the molecule is NCC(=O)CCOCCOCCNC(=O)CCS(=O)(=O)c1c(F)c(F)c(NS(=O)[O-])c(F)c1NC1CCCCCCC1.O=C(O)CCS(=O)(=O)c1c(F)c(F)c(NS(=O)[O-])c(F)c1NC1CCCCCCC1. The topological polar surface area (TPSA) is 325 Å². The number of carboxylic acid groups (broad SMARTS) is 1. The van der Waals surface area contributed by atoms with Crippen LogP contribution in [-0.2, 0) is 66.1 Å². The molecule has 8 N–H and O–H groups in total. The number of rotatable bonds is 26. The van der Waals surface area contributed by atoms with Gasteiger partial charge >= 0.3 is 5.97 Å². The normalized spacial score (nSPS) is 16.1. The number of sulfone groups is 2. The summed E-state index contributed by atoms with van der Waals surface area (Å²) in [5, 5.41) is 16.5. The average molecular weight is 1120 g/mol. The van der Waals surface area contributed by atoms with Crippen molar-refractivity contribution in [2.45, 2.75) is 131 Å². The smallest absolute Gasteiger partial charge is 0.304 e. The van der Waals surface area contributed by atoms with E-state index >= 15 is 13.2 Å². The molecule has 1 amide bonds. The number of amides is 1. The van der Waals surface area contributed by atoms with Crippen LogP contribution in [0.5, 0.6) is 0 Å². The van der Waals surface area contributed by atoms with Crippen molar-refractivity contribution in [3.05, 3.63) is 34.9 Å². The Hall–Kier alpha value is -4.17. The van der Waals surface area contributed by atoms with E-state index in [2.05, 4.69) is 16.0 Å². The minimum absolute atomic E-state index is 0.0172. The number of aliphatic carboxylic acids is 1. The van der Waals surface area contributed by atoms with E-state index in [-0.39, 0.29) is 51.7 Å². The van der Waals surface area contributed by atoms with Gasteiger partial charge in [-0.15, -0.1) is 0 Å². The first-order chi connectivity index (χ1) is 34.0. The van der Waals surface area contributed by atoms with Crippen LogP contribution in [0, 0.1) is 34.9 Å².